The average molecular weight is 291 g/mol. The topological polar surface area (TPSA) is 66.4 Å². The lowest BCUT2D eigenvalue weighted by Crippen LogP contribution is -2.39. The first-order valence-corrected chi connectivity index (χ1v) is 7.62. The van der Waals surface area contributed by atoms with Gasteiger partial charge in [0, 0.05) is 9.75 Å². The van der Waals surface area contributed by atoms with Gasteiger partial charge in [-0.15, -0.1) is 11.3 Å². The van der Waals surface area contributed by atoms with E-state index < -0.39 is 17.8 Å². The number of carbonyl (C=O) groups is 2. The van der Waals surface area contributed by atoms with Crippen molar-refractivity contribution in [3.8, 4) is 0 Å². The summed E-state index contributed by atoms with van der Waals surface area (Å²) in [5, 5.41) is 12.2. The highest BCUT2D eigenvalue weighted by Crippen LogP contribution is 2.48. The van der Waals surface area contributed by atoms with Crippen molar-refractivity contribution < 1.29 is 14.7 Å². The molecule has 1 saturated carbocycles. The Hall–Kier alpha value is -1.62. The summed E-state index contributed by atoms with van der Waals surface area (Å²) in [5.41, 5.74) is 0. The van der Waals surface area contributed by atoms with Gasteiger partial charge in [-0.2, -0.15) is 0 Å². The molecule has 5 heteroatoms. The Morgan fingerprint density at radius 3 is 2.60 bits per heavy atom. The van der Waals surface area contributed by atoms with E-state index in [1.165, 1.54) is 4.88 Å². The zero-order valence-electron chi connectivity index (χ0n) is 11.2. The quantitative estimate of drug-likeness (QED) is 0.836. The Labute approximate surface area is 121 Å². The number of carboxylic acid groups (broad SMARTS) is 1. The maximum atomic E-state index is 12.3. The number of aliphatic carboxylic acids is 1. The third kappa shape index (κ3) is 2.26. The summed E-state index contributed by atoms with van der Waals surface area (Å²) in [6.45, 7) is 2.51. The third-order valence-electron chi connectivity index (χ3n) is 4.28. The molecule has 2 bridgehead atoms. The Morgan fingerprint density at radius 2 is 2.00 bits per heavy atom. The zero-order chi connectivity index (χ0) is 14.3. The van der Waals surface area contributed by atoms with Crippen molar-refractivity contribution in [1.82, 2.24) is 5.32 Å². The smallest absolute Gasteiger partial charge is 0.307 e. The van der Waals surface area contributed by atoms with Gasteiger partial charge >= 0.3 is 5.97 Å². The molecule has 1 aromatic rings. The molecule has 1 amide bonds. The molecule has 1 heterocycles. The fourth-order valence-corrected chi connectivity index (χ4v) is 4.22. The zero-order valence-corrected chi connectivity index (χ0v) is 12.0. The molecule has 0 saturated heterocycles. The number of rotatable bonds is 4. The van der Waals surface area contributed by atoms with Gasteiger partial charge in [-0.1, -0.05) is 12.2 Å². The Balaban J connectivity index is 1.67. The maximum Gasteiger partial charge on any atom is 0.307 e. The van der Waals surface area contributed by atoms with Crippen molar-refractivity contribution >= 4 is 23.2 Å². The van der Waals surface area contributed by atoms with Crippen molar-refractivity contribution in [2.24, 2.45) is 23.7 Å². The number of carbonyl (C=O) groups excluding carboxylic acids is 1. The van der Waals surface area contributed by atoms with Crippen LogP contribution in [0, 0.1) is 30.6 Å². The normalized spacial score (nSPS) is 30.6. The number of nitrogens with one attached hydrogen (secondary N) is 1. The molecule has 106 valence electrons. The van der Waals surface area contributed by atoms with Crippen molar-refractivity contribution in [3.05, 3.63) is 34.0 Å². The molecule has 2 unspecified atom stereocenters. The fraction of sp³-hybridized carbons (Fsp3) is 0.467. The highest BCUT2D eigenvalue weighted by molar-refractivity contribution is 7.11. The molecule has 1 aromatic heterocycles. The SMILES string of the molecule is Cc1ccc(CNC(=O)[C@H]2C3C=CC(C3)[C@H]2C(=O)O)s1. The van der Waals surface area contributed by atoms with Crippen molar-refractivity contribution in [3.63, 3.8) is 0 Å². The summed E-state index contributed by atoms with van der Waals surface area (Å²) in [6.07, 6.45) is 4.76. The van der Waals surface area contributed by atoms with Gasteiger partial charge in [0.2, 0.25) is 5.91 Å². The molecule has 4 atom stereocenters. The lowest BCUT2D eigenvalue weighted by atomic mass is 9.82. The van der Waals surface area contributed by atoms with Gasteiger partial charge in [-0.25, -0.2) is 0 Å². The van der Waals surface area contributed by atoms with Crippen LogP contribution in [0.1, 0.15) is 16.2 Å². The van der Waals surface area contributed by atoms with E-state index >= 15 is 0 Å². The number of hydrogen-bond acceptors (Lipinski definition) is 3. The Morgan fingerprint density at radius 1 is 1.30 bits per heavy atom. The van der Waals surface area contributed by atoms with Gasteiger partial charge in [0.05, 0.1) is 18.4 Å². The van der Waals surface area contributed by atoms with E-state index in [9.17, 15) is 14.7 Å². The first-order valence-electron chi connectivity index (χ1n) is 6.80. The minimum Gasteiger partial charge on any atom is -0.481 e. The summed E-state index contributed by atoms with van der Waals surface area (Å²) >= 11 is 1.65. The summed E-state index contributed by atoms with van der Waals surface area (Å²) < 4.78 is 0. The van der Waals surface area contributed by atoms with Crippen molar-refractivity contribution in [1.29, 1.82) is 0 Å². The highest BCUT2D eigenvalue weighted by Gasteiger charge is 2.51. The summed E-state index contributed by atoms with van der Waals surface area (Å²) in [5.74, 6) is -1.84. The van der Waals surface area contributed by atoms with Gasteiger partial charge in [-0.05, 0) is 37.3 Å². The van der Waals surface area contributed by atoms with Crippen LogP contribution in [0.5, 0.6) is 0 Å². The average Bonchev–Trinajstić information content (AvgIpc) is 3.10. The minimum atomic E-state index is -0.853. The molecule has 3 rings (SSSR count). The van der Waals surface area contributed by atoms with E-state index in [-0.39, 0.29) is 17.7 Å². The molecule has 0 radical (unpaired) electrons. The molecular formula is C15H17NO3S. The van der Waals surface area contributed by atoms with E-state index in [0.29, 0.717) is 6.54 Å². The van der Waals surface area contributed by atoms with Crippen molar-refractivity contribution in [2.45, 2.75) is 19.9 Å². The van der Waals surface area contributed by atoms with Gasteiger partial charge in [-0.3, -0.25) is 9.59 Å². The van der Waals surface area contributed by atoms with Crippen LogP contribution in [0.4, 0.5) is 0 Å². The molecule has 2 N–H and O–H groups in total. The monoisotopic (exact) mass is 291 g/mol. The van der Waals surface area contributed by atoms with E-state index in [4.69, 9.17) is 0 Å². The molecular weight excluding hydrogens is 274 g/mol. The first-order chi connectivity index (χ1) is 9.56. The molecule has 4 nitrogen and oxygen atoms in total. The molecule has 20 heavy (non-hydrogen) atoms. The van der Waals surface area contributed by atoms with Crippen LogP contribution in [-0.2, 0) is 16.1 Å². The minimum absolute atomic E-state index is 0.0252. The molecule has 2 aliphatic rings. The number of thiophene rings is 1. The van der Waals surface area contributed by atoms with Gasteiger partial charge in [0.25, 0.3) is 0 Å². The lowest BCUT2D eigenvalue weighted by molar-refractivity contribution is -0.147. The Bertz CT molecular complexity index is 577. The summed E-state index contributed by atoms with van der Waals surface area (Å²) in [7, 11) is 0. The third-order valence-corrected chi connectivity index (χ3v) is 5.28. The predicted molar refractivity (Wildman–Crippen MR) is 76.3 cm³/mol. The number of allylic oxidation sites excluding steroid dienone is 2. The predicted octanol–water partition coefficient (Wildman–Crippen LogP) is 2.20. The molecule has 0 aliphatic heterocycles. The fourth-order valence-electron chi connectivity index (χ4n) is 3.39. The van der Waals surface area contributed by atoms with E-state index in [0.717, 1.165) is 11.3 Å². The van der Waals surface area contributed by atoms with Crippen LogP contribution in [0.15, 0.2) is 24.3 Å². The van der Waals surface area contributed by atoms with Crippen LogP contribution >= 0.6 is 11.3 Å². The molecule has 1 fully saturated rings. The standard InChI is InChI=1S/C15H17NO3S/c1-8-2-5-11(20-8)7-16-14(17)12-9-3-4-10(6-9)13(12)15(18)19/h2-5,9-10,12-13H,6-7H2,1H3,(H,16,17)(H,18,19)/t9?,10?,12-,13+/m0/s1. The summed E-state index contributed by atoms with van der Waals surface area (Å²) in [4.78, 5) is 26.0. The van der Waals surface area contributed by atoms with Crippen LogP contribution in [0.2, 0.25) is 0 Å². The summed E-state index contributed by atoms with van der Waals surface area (Å²) in [6, 6.07) is 4.02. The van der Waals surface area contributed by atoms with Gasteiger partial charge < -0.3 is 10.4 Å². The number of carboxylic acids is 1. The number of hydrogen-bond donors (Lipinski definition) is 2. The first kappa shape index (κ1) is 13.4. The second kappa shape index (κ2) is 5.05. The lowest BCUT2D eigenvalue weighted by Gasteiger charge is -2.23. The second-order valence-corrected chi connectivity index (χ2v) is 6.94. The maximum absolute atomic E-state index is 12.3. The molecule has 2 aliphatic carbocycles. The van der Waals surface area contributed by atoms with Crippen molar-refractivity contribution in [2.75, 3.05) is 0 Å². The van der Waals surface area contributed by atoms with Crippen LogP contribution < -0.4 is 5.32 Å². The van der Waals surface area contributed by atoms with E-state index in [1.807, 2.05) is 31.2 Å². The van der Waals surface area contributed by atoms with Gasteiger partial charge in [0.1, 0.15) is 0 Å². The number of fused-ring (bicyclic) bond motifs is 2. The van der Waals surface area contributed by atoms with Crippen LogP contribution in [0.25, 0.3) is 0 Å². The van der Waals surface area contributed by atoms with E-state index in [2.05, 4.69) is 5.32 Å². The Kier molecular flexibility index (Phi) is 3.38. The van der Waals surface area contributed by atoms with Crippen LogP contribution in [-0.4, -0.2) is 17.0 Å². The number of amides is 1. The largest absolute Gasteiger partial charge is 0.481 e. The second-order valence-electron chi connectivity index (χ2n) is 5.57. The van der Waals surface area contributed by atoms with Gasteiger partial charge in [0.15, 0.2) is 0 Å². The van der Waals surface area contributed by atoms with E-state index in [1.54, 1.807) is 11.3 Å². The number of aryl methyl sites for hydroxylation is 1. The highest BCUT2D eigenvalue weighted by atomic mass is 32.1. The molecule has 0 spiro atoms. The molecule has 0 aromatic carbocycles. The van der Waals surface area contributed by atoms with Crippen LogP contribution in [0.3, 0.4) is 0 Å².